The van der Waals surface area contributed by atoms with E-state index in [0.717, 1.165) is 44.2 Å². The van der Waals surface area contributed by atoms with Gasteiger partial charge in [-0.2, -0.15) is 0 Å². The van der Waals surface area contributed by atoms with Gasteiger partial charge in [-0.3, -0.25) is 4.99 Å². The van der Waals surface area contributed by atoms with Crippen LogP contribution < -0.4 is 10.1 Å². The number of hydrogen-bond donors (Lipinski definition) is 1. The molecule has 1 aromatic heterocycles. The van der Waals surface area contributed by atoms with Crippen molar-refractivity contribution in [2.24, 2.45) is 4.99 Å². The van der Waals surface area contributed by atoms with Gasteiger partial charge in [0, 0.05) is 49.8 Å². The van der Waals surface area contributed by atoms with Crippen LogP contribution in [0.3, 0.4) is 0 Å². The Labute approximate surface area is 196 Å². The van der Waals surface area contributed by atoms with E-state index in [2.05, 4.69) is 53.5 Å². The molecule has 1 fully saturated rings. The Morgan fingerprint density at radius 1 is 1.31 bits per heavy atom. The summed E-state index contributed by atoms with van der Waals surface area (Å²) in [6.45, 7) is 9.50. The van der Waals surface area contributed by atoms with E-state index in [9.17, 15) is 0 Å². The van der Waals surface area contributed by atoms with E-state index in [1.54, 1.807) is 18.4 Å². The maximum atomic E-state index is 5.27. The van der Waals surface area contributed by atoms with Gasteiger partial charge in [0.05, 0.1) is 17.8 Å². The van der Waals surface area contributed by atoms with Crippen LogP contribution in [0, 0.1) is 0 Å². The van der Waals surface area contributed by atoms with Gasteiger partial charge >= 0.3 is 0 Å². The summed E-state index contributed by atoms with van der Waals surface area (Å²) in [5.41, 5.74) is 2.67. The SMILES string of the molecule is CN=C(NCCc1nc(C(C)(C)C)cs1)N1CCC(c2ccc(OC)cc2)C1.I. The summed E-state index contributed by atoms with van der Waals surface area (Å²) in [7, 11) is 3.57. The second-order valence-corrected chi connectivity index (χ2v) is 9.25. The number of guanidine groups is 1. The third kappa shape index (κ3) is 6.31. The topological polar surface area (TPSA) is 49.8 Å². The maximum absolute atomic E-state index is 5.27. The minimum absolute atomic E-state index is 0. The van der Waals surface area contributed by atoms with Gasteiger partial charge in [-0.05, 0) is 24.1 Å². The van der Waals surface area contributed by atoms with E-state index in [0.29, 0.717) is 5.92 Å². The standard InChI is InChI=1S/C22H32N4OS.HI/c1-22(2,3)19-15-28-20(25-19)10-12-24-21(23-4)26-13-11-17(14-26)16-6-8-18(27-5)9-7-16;/h6-9,15,17H,10-14H2,1-5H3,(H,23,24);1H. The zero-order valence-electron chi connectivity index (χ0n) is 18.1. The van der Waals surface area contributed by atoms with Gasteiger partial charge in [0.2, 0.25) is 0 Å². The van der Waals surface area contributed by atoms with Crippen molar-refractivity contribution < 1.29 is 4.74 Å². The molecule has 7 heteroatoms. The predicted molar refractivity (Wildman–Crippen MR) is 133 cm³/mol. The number of ether oxygens (including phenoxy) is 1. The maximum Gasteiger partial charge on any atom is 0.193 e. The molecule has 1 unspecified atom stereocenters. The summed E-state index contributed by atoms with van der Waals surface area (Å²) in [5.74, 6) is 2.44. The van der Waals surface area contributed by atoms with Crippen molar-refractivity contribution in [3.8, 4) is 5.75 Å². The average molecular weight is 529 g/mol. The normalized spacial score (nSPS) is 17.2. The second kappa shape index (κ2) is 10.6. The van der Waals surface area contributed by atoms with Gasteiger partial charge in [0.15, 0.2) is 5.96 Å². The lowest BCUT2D eigenvalue weighted by Crippen LogP contribution is -2.40. The number of halogens is 1. The molecule has 1 atom stereocenters. The zero-order valence-corrected chi connectivity index (χ0v) is 21.2. The number of rotatable bonds is 5. The van der Waals surface area contributed by atoms with Crippen LogP contribution >= 0.6 is 35.3 Å². The van der Waals surface area contributed by atoms with E-state index in [1.807, 2.05) is 19.2 Å². The first-order valence-corrected chi connectivity index (χ1v) is 10.8. The summed E-state index contributed by atoms with van der Waals surface area (Å²) in [6.07, 6.45) is 2.07. The van der Waals surface area contributed by atoms with Gasteiger partial charge in [-0.1, -0.05) is 32.9 Å². The van der Waals surface area contributed by atoms with Gasteiger partial charge < -0.3 is 15.0 Å². The van der Waals surface area contributed by atoms with Crippen molar-refractivity contribution in [2.75, 3.05) is 33.8 Å². The van der Waals surface area contributed by atoms with E-state index in [4.69, 9.17) is 9.72 Å². The molecule has 0 bridgehead atoms. The van der Waals surface area contributed by atoms with Gasteiger partial charge in [0.1, 0.15) is 5.75 Å². The fraction of sp³-hybridized carbons (Fsp3) is 0.545. The first-order valence-electron chi connectivity index (χ1n) is 9.95. The monoisotopic (exact) mass is 528 g/mol. The average Bonchev–Trinajstić information content (AvgIpc) is 3.35. The van der Waals surface area contributed by atoms with Crippen LogP contribution in [0.1, 0.15) is 49.4 Å². The Bertz CT molecular complexity index is 798. The molecule has 0 radical (unpaired) electrons. The molecule has 0 spiro atoms. The van der Waals surface area contributed by atoms with Crippen molar-refractivity contribution in [2.45, 2.75) is 44.9 Å². The highest BCUT2D eigenvalue weighted by atomic mass is 127. The van der Waals surface area contributed by atoms with E-state index in [-0.39, 0.29) is 29.4 Å². The second-order valence-electron chi connectivity index (χ2n) is 8.31. The van der Waals surface area contributed by atoms with Gasteiger partial charge in [-0.25, -0.2) is 4.98 Å². The zero-order chi connectivity index (χ0) is 20.1. The number of aliphatic imine (C=N–C) groups is 1. The molecule has 1 aliphatic heterocycles. The summed E-state index contributed by atoms with van der Waals surface area (Å²) in [6, 6.07) is 8.45. The van der Waals surface area contributed by atoms with Crippen LogP contribution in [0.25, 0.3) is 0 Å². The Balaban J connectivity index is 0.00000300. The summed E-state index contributed by atoms with van der Waals surface area (Å²) in [4.78, 5) is 11.6. The quantitative estimate of drug-likeness (QED) is 0.348. The Hall–Kier alpha value is -1.35. The third-order valence-electron chi connectivity index (χ3n) is 5.23. The van der Waals surface area contributed by atoms with Gasteiger partial charge in [-0.15, -0.1) is 35.3 Å². The molecular formula is C22H33IN4OS. The number of aromatic nitrogens is 1. The lowest BCUT2D eigenvalue weighted by molar-refractivity contribution is 0.414. The van der Waals surface area contributed by atoms with Crippen LogP contribution in [-0.4, -0.2) is 49.6 Å². The number of thiazole rings is 1. The van der Waals surface area contributed by atoms with Crippen molar-refractivity contribution in [1.29, 1.82) is 0 Å². The Kier molecular flexibility index (Phi) is 8.75. The molecule has 0 saturated carbocycles. The van der Waals surface area contributed by atoms with Crippen LogP contribution in [-0.2, 0) is 11.8 Å². The minimum atomic E-state index is 0. The molecule has 3 rings (SSSR count). The van der Waals surface area contributed by atoms with Gasteiger partial charge in [0.25, 0.3) is 0 Å². The molecule has 1 saturated heterocycles. The molecule has 1 aromatic carbocycles. The molecule has 1 N–H and O–H groups in total. The highest BCUT2D eigenvalue weighted by Crippen LogP contribution is 2.28. The third-order valence-corrected chi connectivity index (χ3v) is 6.14. The lowest BCUT2D eigenvalue weighted by Gasteiger charge is -2.21. The molecular weight excluding hydrogens is 495 g/mol. The molecule has 29 heavy (non-hydrogen) atoms. The lowest BCUT2D eigenvalue weighted by atomic mass is 9.93. The first kappa shape index (κ1) is 23.9. The predicted octanol–water partition coefficient (Wildman–Crippen LogP) is 4.67. The minimum Gasteiger partial charge on any atom is -0.497 e. The van der Waals surface area contributed by atoms with Crippen molar-refractivity contribution in [3.05, 3.63) is 45.9 Å². The molecule has 2 aromatic rings. The number of methoxy groups -OCH3 is 1. The number of hydrogen-bond acceptors (Lipinski definition) is 4. The van der Waals surface area contributed by atoms with Crippen LogP contribution in [0.15, 0.2) is 34.6 Å². The van der Waals surface area contributed by atoms with Crippen LogP contribution in [0.2, 0.25) is 0 Å². The molecule has 2 heterocycles. The van der Waals surface area contributed by atoms with Crippen LogP contribution in [0.4, 0.5) is 0 Å². The molecule has 5 nitrogen and oxygen atoms in total. The van der Waals surface area contributed by atoms with Crippen molar-refractivity contribution >= 4 is 41.3 Å². The number of nitrogens with one attached hydrogen (secondary N) is 1. The number of nitrogens with zero attached hydrogens (tertiary/aromatic N) is 3. The largest absolute Gasteiger partial charge is 0.497 e. The smallest absolute Gasteiger partial charge is 0.193 e. The fourth-order valence-corrected chi connectivity index (χ4v) is 4.51. The Morgan fingerprint density at radius 3 is 2.62 bits per heavy atom. The van der Waals surface area contributed by atoms with E-state index >= 15 is 0 Å². The Morgan fingerprint density at radius 2 is 2.03 bits per heavy atom. The van der Waals surface area contributed by atoms with E-state index < -0.39 is 0 Å². The highest BCUT2D eigenvalue weighted by Gasteiger charge is 2.26. The molecule has 0 aliphatic carbocycles. The molecule has 1 aliphatic rings. The first-order chi connectivity index (χ1) is 13.4. The summed E-state index contributed by atoms with van der Waals surface area (Å²) >= 11 is 1.75. The molecule has 160 valence electrons. The van der Waals surface area contributed by atoms with Crippen LogP contribution in [0.5, 0.6) is 5.75 Å². The van der Waals surface area contributed by atoms with E-state index in [1.165, 1.54) is 16.3 Å². The summed E-state index contributed by atoms with van der Waals surface area (Å²) in [5, 5.41) is 6.89. The number of likely N-dealkylation sites (tertiary alicyclic amines) is 1. The van der Waals surface area contributed by atoms with Crippen molar-refractivity contribution in [3.63, 3.8) is 0 Å². The molecule has 0 amide bonds. The highest BCUT2D eigenvalue weighted by molar-refractivity contribution is 14.0. The van der Waals surface area contributed by atoms with Crippen molar-refractivity contribution in [1.82, 2.24) is 15.2 Å². The summed E-state index contributed by atoms with van der Waals surface area (Å²) < 4.78 is 5.27. The number of benzene rings is 1. The fourth-order valence-electron chi connectivity index (χ4n) is 3.48.